The Morgan fingerprint density at radius 3 is 2.83 bits per heavy atom. The average molecular weight is 353 g/mol. The lowest BCUT2D eigenvalue weighted by Gasteiger charge is -2.18. The third-order valence-corrected chi connectivity index (χ3v) is 5.62. The van der Waals surface area contributed by atoms with Gasteiger partial charge in [0.05, 0.1) is 9.21 Å². The predicted molar refractivity (Wildman–Crippen MR) is 88.1 cm³/mol. The van der Waals surface area contributed by atoms with E-state index >= 15 is 0 Å². The molecule has 1 saturated carbocycles. The molecule has 0 saturated heterocycles. The Labute approximate surface area is 142 Å². The van der Waals surface area contributed by atoms with Crippen LogP contribution in [0.4, 0.5) is 0 Å². The van der Waals surface area contributed by atoms with Crippen LogP contribution in [0, 0.1) is 5.92 Å². The Hall–Kier alpha value is -1.60. The van der Waals surface area contributed by atoms with E-state index < -0.39 is 0 Å². The Bertz CT molecular complexity index is 805. The van der Waals surface area contributed by atoms with Gasteiger partial charge in [0.1, 0.15) is 5.82 Å². The first-order valence-corrected chi connectivity index (χ1v) is 9.02. The summed E-state index contributed by atoms with van der Waals surface area (Å²) in [5.74, 6) is 1.38. The van der Waals surface area contributed by atoms with E-state index in [0.717, 1.165) is 12.4 Å². The topological polar surface area (TPSA) is 60.1 Å². The maximum atomic E-state index is 12.5. The lowest BCUT2D eigenvalue weighted by molar-refractivity contribution is 0.0763. The molecule has 0 radical (unpaired) electrons. The largest absolute Gasteiger partial charge is 0.345 e. The van der Waals surface area contributed by atoms with Gasteiger partial charge in [0.25, 0.3) is 5.91 Å². The predicted octanol–water partition coefficient (Wildman–Crippen LogP) is 1.87. The summed E-state index contributed by atoms with van der Waals surface area (Å²) in [6.45, 7) is 2.34. The number of carbonyl (C=O) groups is 1. The minimum absolute atomic E-state index is 0.0223. The van der Waals surface area contributed by atoms with Gasteiger partial charge in [0.15, 0.2) is 0 Å². The molecule has 0 atom stereocenters. The second kappa shape index (κ2) is 5.79. The highest BCUT2D eigenvalue weighted by atomic mass is 35.5. The highest BCUT2D eigenvalue weighted by Gasteiger charge is 2.27. The van der Waals surface area contributed by atoms with Gasteiger partial charge in [-0.2, -0.15) is 5.10 Å². The zero-order chi connectivity index (χ0) is 16.0. The smallest absolute Gasteiger partial charge is 0.336 e. The molecule has 0 aromatic carbocycles. The van der Waals surface area contributed by atoms with Crippen molar-refractivity contribution in [3.63, 3.8) is 0 Å². The van der Waals surface area contributed by atoms with Crippen molar-refractivity contribution in [2.24, 2.45) is 5.92 Å². The summed E-state index contributed by atoms with van der Waals surface area (Å²) >= 11 is 7.19. The Balaban J connectivity index is 1.50. The molecular formula is C15H17ClN4O2S. The highest BCUT2D eigenvalue weighted by Crippen LogP contribution is 2.30. The van der Waals surface area contributed by atoms with E-state index in [1.54, 1.807) is 26.3 Å². The number of hydrogen-bond donors (Lipinski definition) is 0. The van der Waals surface area contributed by atoms with Gasteiger partial charge in [-0.3, -0.25) is 9.36 Å². The van der Waals surface area contributed by atoms with E-state index in [9.17, 15) is 9.59 Å². The number of thiophene rings is 1. The number of fused-ring (bicyclic) bond motifs is 1. The standard InChI is InChI=1S/C15H17ClN4O2S/c16-12-4-3-11(23-12)14(21)18-6-5-13-17-20(9-10-1-2-10)15(22)19(13)8-7-18/h3-4,10H,1-2,5-9H2. The van der Waals surface area contributed by atoms with Crippen molar-refractivity contribution >= 4 is 28.8 Å². The summed E-state index contributed by atoms with van der Waals surface area (Å²) in [7, 11) is 0. The van der Waals surface area contributed by atoms with Crippen molar-refractivity contribution in [3.05, 3.63) is 37.7 Å². The average Bonchev–Trinajstić information content (AvgIpc) is 3.22. The number of halogens is 1. The molecule has 122 valence electrons. The molecule has 23 heavy (non-hydrogen) atoms. The van der Waals surface area contributed by atoms with Gasteiger partial charge in [-0.1, -0.05) is 11.6 Å². The molecule has 0 spiro atoms. The van der Waals surface area contributed by atoms with E-state index in [2.05, 4.69) is 5.10 Å². The molecule has 3 heterocycles. The number of carbonyl (C=O) groups excluding carboxylic acids is 1. The molecule has 6 nitrogen and oxygen atoms in total. The first-order valence-electron chi connectivity index (χ1n) is 7.83. The van der Waals surface area contributed by atoms with Crippen molar-refractivity contribution in [2.75, 3.05) is 13.1 Å². The van der Waals surface area contributed by atoms with Crippen LogP contribution in [0.2, 0.25) is 4.34 Å². The summed E-state index contributed by atoms with van der Waals surface area (Å²) in [5.41, 5.74) is -0.0413. The molecule has 0 bridgehead atoms. The fourth-order valence-corrected chi connectivity index (χ4v) is 3.93. The lowest BCUT2D eigenvalue weighted by atomic mass is 10.3. The number of nitrogens with zero attached hydrogens (tertiary/aromatic N) is 4. The van der Waals surface area contributed by atoms with Crippen LogP contribution in [0.1, 0.15) is 28.3 Å². The van der Waals surface area contributed by atoms with E-state index in [0.29, 0.717) is 41.2 Å². The van der Waals surface area contributed by atoms with Crippen molar-refractivity contribution in [3.8, 4) is 0 Å². The molecule has 1 fully saturated rings. The Morgan fingerprint density at radius 2 is 2.13 bits per heavy atom. The Morgan fingerprint density at radius 1 is 1.30 bits per heavy atom. The zero-order valence-corrected chi connectivity index (χ0v) is 14.1. The van der Waals surface area contributed by atoms with E-state index in [-0.39, 0.29) is 11.6 Å². The van der Waals surface area contributed by atoms with Crippen molar-refractivity contribution in [1.29, 1.82) is 0 Å². The monoisotopic (exact) mass is 352 g/mol. The lowest BCUT2D eigenvalue weighted by Crippen LogP contribution is -2.34. The molecule has 2 aromatic rings. The van der Waals surface area contributed by atoms with E-state index in [4.69, 9.17) is 11.6 Å². The van der Waals surface area contributed by atoms with Gasteiger partial charge >= 0.3 is 5.69 Å². The molecule has 2 aliphatic rings. The summed E-state index contributed by atoms with van der Waals surface area (Å²) < 4.78 is 3.93. The number of amides is 1. The molecule has 2 aromatic heterocycles. The summed E-state index contributed by atoms with van der Waals surface area (Å²) in [6, 6.07) is 3.49. The van der Waals surface area contributed by atoms with Crippen LogP contribution in [-0.2, 0) is 19.5 Å². The second-order valence-electron chi connectivity index (χ2n) is 6.12. The summed E-state index contributed by atoms with van der Waals surface area (Å²) in [4.78, 5) is 27.4. The first-order chi connectivity index (χ1) is 11.1. The third-order valence-electron chi connectivity index (χ3n) is 4.40. The quantitative estimate of drug-likeness (QED) is 0.847. The third kappa shape index (κ3) is 2.95. The van der Waals surface area contributed by atoms with Gasteiger partial charge in [-0.25, -0.2) is 9.48 Å². The van der Waals surface area contributed by atoms with Crippen LogP contribution in [-0.4, -0.2) is 38.2 Å². The van der Waals surface area contributed by atoms with Gasteiger partial charge in [0, 0.05) is 32.6 Å². The SMILES string of the molecule is O=C(c1ccc(Cl)s1)N1CCc2nn(CC3CC3)c(=O)n2CC1. The molecule has 8 heteroatoms. The van der Waals surface area contributed by atoms with Crippen LogP contribution in [0.3, 0.4) is 0 Å². The van der Waals surface area contributed by atoms with E-state index in [1.807, 2.05) is 0 Å². The first kappa shape index (κ1) is 15.0. The van der Waals surface area contributed by atoms with Crippen LogP contribution in [0.5, 0.6) is 0 Å². The minimum Gasteiger partial charge on any atom is -0.336 e. The number of aromatic nitrogens is 3. The molecule has 1 aliphatic carbocycles. The summed E-state index contributed by atoms with van der Waals surface area (Å²) in [6.07, 6.45) is 3.00. The van der Waals surface area contributed by atoms with Crippen LogP contribution in [0.25, 0.3) is 0 Å². The minimum atomic E-state index is -0.0413. The van der Waals surface area contributed by atoms with Crippen LogP contribution >= 0.6 is 22.9 Å². The molecule has 1 amide bonds. The fourth-order valence-electron chi connectivity index (χ4n) is 2.92. The van der Waals surface area contributed by atoms with Crippen LogP contribution < -0.4 is 5.69 Å². The zero-order valence-electron chi connectivity index (χ0n) is 12.6. The van der Waals surface area contributed by atoms with Gasteiger partial charge in [-0.05, 0) is 30.9 Å². The van der Waals surface area contributed by atoms with Gasteiger partial charge < -0.3 is 4.90 Å². The summed E-state index contributed by atoms with van der Waals surface area (Å²) in [5, 5.41) is 4.47. The van der Waals surface area contributed by atoms with Gasteiger partial charge in [0.2, 0.25) is 0 Å². The molecule has 0 N–H and O–H groups in total. The number of rotatable bonds is 3. The second-order valence-corrected chi connectivity index (χ2v) is 7.84. The molecular weight excluding hydrogens is 336 g/mol. The van der Waals surface area contributed by atoms with Gasteiger partial charge in [-0.15, -0.1) is 11.3 Å². The molecule has 4 rings (SSSR count). The maximum Gasteiger partial charge on any atom is 0.345 e. The number of hydrogen-bond acceptors (Lipinski definition) is 4. The van der Waals surface area contributed by atoms with Crippen molar-refractivity contribution in [1.82, 2.24) is 19.2 Å². The van der Waals surface area contributed by atoms with Crippen molar-refractivity contribution < 1.29 is 4.79 Å². The highest BCUT2D eigenvalue weighted by molar-refractivity contribution is 7.17. The fraction of sp³-hybridized carbons (Fsp3) is 0.533. The van der Waals surface area contributed by atoms with Crippen molar-refractivity contribution in [2.45, 2.75) is 32.4 Å². The Kier molecular flexibility index (Phi) is 3.77. The van der Waals surface area contributed by atoms with Crippen LogP contribution in [0.15, 0.2) is 16.9 Å². The molecule has 1 aliphatic heterocycles. The normalized spacial score (nSPS) is 17.9. The maximum absolute atomic E-state index is 12.5. The molecule has 0 unspecified atom stereocenters. The van der Waals surface area contributed by atoms with E-state index in [1.165, 1.54) is 24.2 Å².